The van der Waals surface area contributed by atoms with E-state index in [4.69, 9.17) is 5.11 Å². The van der Waals surface area contributed by atoms with Crippen molar-refractivity contribution >= 4 is 11.6 Å². The molecule has 0 saturated heterocycles. The van der Waals surface area contributed by atoms with Gasteiger partial charge in [0.15, 0.2) is 0 Å². The van der Waals surface area contributed by atoms with Crippen LogP contribution in [0.3, 0.4) is 0 Å². The SMILES string of the molecule is Cc1cccc([N+](=O)[O-])c1C(=O)NCC(C)CO. The van der Waals surface area contributed by atoms with E-state index in [0.717, 1.165) is 0 Å². The van der Waals surface area contributed by atoms with E-state index in [1.165, 1.54) is 6.07 Å². The Hall–Kier alpha value is -1.95. The van der Waals surface area contributed by atoms with Gasteiger partial charge in [0.2, 0.25) is 0 Å². The monoisotopic (exact) mass is 252 g/mol. The number of rotatable bonds is 5. The van der Waals surface area contributed by atoms with E-state index in [-0.39, 0.29) is 30.3 Å². The number of carbonyl (C=O) groups excluding carboxylic acids is 1. The van der Waals surface area contributed by atoms with Crippen molar-refractivity contribution in [1.82, 2.24) is 5.32 Å². The molecule has 0 spiro atoms. The molecule has 1 atom stereocenters. The number of nitrogens with one attached hydrogen (secondary N) is 1. The second-order valence-corrected chi connectivity index (χ2v) is 4.22. The van der Waals surface area contributed by atoms with Crippen LogP contribution in [-0.2, 0) is 0 Å². The zero-order chi connectivity index (χ0) is 13.7. The summed E-state index contributed by atoms with van der Waals surface area (Å²) in [6, 6.07) is 4.50. The summed E-state index contributed by atoms with van der Waals surface area (Å²) in [7, 11) is 0. The molecule has 6 heteroatoms. The van der Waals surface area contributed by atoms with Gasteiger partial charge in [-0.3, -0.25) is 14.9 Å². The minimum atomic E-state index is -0.572. The Morgan fingerprint density at radius 1 is 1.56 bits per heavy atom. The van der Waals surface area contributed by atoms with Crippen molar-refractivity contribution in [2.75, 3.05) is 13.2 Å². The molecule has 0 aliphatic rings. The van der Waals surface area contributed by atoms with Crippen LogP contribution in [0.1, 0.15) is 22.8 Å². The minimum Gasteiger partial charge on any atom is -0.396 e. The van der Waals surface area contributed by atoms with E-state index in [1.807, 2.05) is 0 Å². The number of aryl methyl sites for hydroxylation is 1. The summed E-state index contributed by atoms with van der Waals surface area (Å²) in [5, 5.41) is 22.3. The first-order chi connectivity index (χ1) is 8.47. The highest BCUT2D eigenvalue weighted by molar-refractivity contribution is 5.99. The minimum absolute atomic E-state index is 0.0455. The molecule has 1 aromatic carbocycles. The standard InChI is InChI=1S/C12H16N2O4/c1-8(7-15)6-13-12(16)11-9(2)4-3-5-10(11)14(17)18/h3-5,8,15H,6-7H2,1-2H3,(H,13,16). The predicted octanol–water partition coefficient (Wildman–Crippen LogP) is 1.26. The van der Waals surface area contributed by atoms with Crippen molar-refractivity contribution in [3.8, 4) is 0 Å². The van der Waals surface area contributed by atoms with Gasteiger partial charge >= 0.3 is 0 Å². The van der Waals surface area contributed by atoms with Gasteiger partial charge in [0.1, 0.15) is 5.56 Å². The maximum absolute atomic E-state index is 11.9. The second kappa shape index (κ2) is 6.11. The van der Waals surface area contributed by atoms with Crippen molar-refractivity contribution in [3.63, 3.8) is 0 Å². The van der Waals surface area contributed by atoms with E-state index in [9.17, 15) is 14.9 Å². The first kappa shape index (κ1) is 14.1. The van der Waals surface area contributed by atoms with Gasteiger partial charge in [0, 0.05) is 19.2 Å². The fourth-order valence-electron chi connectivity index (χ4n) is 1.52. The van der Waals surface area contributed by atoms with E-state index in [2.05, 4.69) is 5.32 Å². The first-order valence-corrected chi connectivity index (χ1v) is 5.60. The molecule has 0 radical (unpaired) electrons. The van der Waals surface area contributed by atoms with Crippen molar-refractivity contribution in [1.29, 1.82) is 0 Å². The van der Waals surface area contributed by atoms with Gasteiger partial charge in [-0.2, -0.15) is 0 Å². The summed E-state index contributed by atoms with van der Waals surface area (Å²) in [5.74, 6) is -0.572. The van der Waals surface area contributed by atoms with Crippen LogP contribution in [0.5, 0.6) is 0 Å². The van der Waals surface area contributed by atoms with Gasteiger partial charge in [-0.25, -0.2) is 0 Å². The summed E-state index contributed by atoms with van der Waals surface area (Å²) >= 11 is 0. The number of aliphatic hydroxyl groups is 1. The van der Waals surface area contributed by atoms with E-state index in [1.54, 1.807) is 26.0 Å². The van der Waals surface area contributed by atoms with Crippen LogP contribution in [0.2, 0.25) is 0 Å². The largest absolute Gasteiger partial charge is 0.396 e. The molecule has 1 unspecified atom stereocenters. The highest BCUT2D eigenvalue weighted by Crippen LogP contribution is 2.21. The molecule has 6 nitrogen and oxygen atoms in total. The topological polar surface area (TPSA) is 92.5 Å². The Labute approximate surface area is 105 Å². The maximum Gasteiger partial charge on any atom is 0.282 e. The van der Waals surface area contributed by atoms with Crippen LogP contribution in [-0.4, -0.2) is 29.1 Å². The lowest BCUT2D eigenvalue weighted by Gasteiger charge is -2.11. The molecule has 18 heavy (non-hydrogen) atoms. The Kier molecular flexibility index (Phi) is 4.79. The summed E-state index contributed by atoms with van der Waals surface area (Å²) in [6.07, 6.45) is 0. The lowest BCUT2D eigenvalue weighted by molar-refractivity contribution is -0.385. The Morgan fingerprint density at radius 3 is 2.78 bits per heavy atom. The Bertz CT molecular complexity index is 459. The van der Waals surface area contributed by atoms with Crippen LogP contribution in [0, 0.1) is 23.0 Å². The smallest absolute Gasteiger partial charge is 0.282 e. The van der Waals surface area contributed by atoms with Gasteiger partial charge < -0.3 is 10.4 Å². The molecule has 1 aromatic rings. The molecule has 0 fully saturated rings. The second-order valence-electron chi connectivity index (χ2n) is 4.22. The fraction of sp³-hybridized carbons (Fsp3) is 0.417. The van der Waals surface area contributed by atoms with E-state index >= 15 is 0 Å². The summed E-state index contributed by atoms with van der Waals surface area (Å²) in [4.78, 5) is 22.2. The molecule has 2 N–H and O–H groups in total. The van der Waals surface area contributed by atoms with Crippen LogP contribution in [0.25, 0.3) is 0 Å². The fourth-order valence-corrected chi connectivity index (χ4v) is 1.52. The van der Waals surface area contributed by atoms with Crippen LogP contribution >= 0.6 is 0 Å². The molecule has 1 amide bonds. The highest BCUT2D eigenvalue weighted by atomic mass is 16.6. The van der Waals surface area contributed by atoms with E-state index < -0.39 is 10.8 Å². The van der Waals surface area contributed by atoms with Crippen molar-refractivity contribution < 1.29 is 14.8 Å². The lowest BCUT2D eigenvalue weighted by Crippen LogP contribution is -2.30. The van der Waals surface area contributed by atoms with Gasteiger partial charge in [-0.15, -0.1) is 0 Å². The molecule has 0 bridgehead atoms. The van der Waals surface area contributed by atoms with Crippen molar-refractivity contribution in [3.05, 3.63) is 39.4 Å². The van der Waals surface area contributed by atoms with Crippen molar-refractivity contribution in [2.45, 2.75) is 13.8 Å². The zero-order valence-electron chi connectivity index (χ0n) is 10.3. The number of aliphatic hydroxyl groups excluding tert-OH is 1. The normalized spacial score (nSPS) is 11.9. The third-order valence-corrected chi connectivity index (χ3v) is 2.60. The molecule has 0 aromatic heterocycles. The molecular formula is C12H16N2O4. The molecule has 0 heterocycles. The third kappa shape index (κ3) is 3.27. The number of benzene rings is 1. The molecular weight excluding hydrogens is 236 g/mol. The van der Waals surface area contributed by atoms with Gasteiger partial charge in [0.25, 0.3) is 11.6 Å². The summed E-state index contributed by atoms with van der Waals surface area (Å²) < 4.78 is 0. The molecule has 0 aliphatic heterocycles. The van der Waals surface area contributed by atoms with Gasteiger partial charge in [-0.05, 0) is 18.4 Å². The maximum atomic E-state index is 11.9. The van der Waals surface area contributed by atoms with Crippen LogP contribution in [0.15, 0.2) is 18.2 Å². The number of amides is 1. The van der Waals surface area contributed by atoms with E-state index in [0.29, 0.717) is 5.56 Å². The number of hydrogen-bond acceptors (Lipinski definition) is 4. The van der Waals surface area contributed by atoms with Gasteiger partial charge in [-0.1, -0.05) is 19.1 Å². The molecule has 98 valence electrons. The number of carbonyl (C=O) groups is 1. The lowest BCUT2D eigenvalue weighted by atomic mass is 10.1. The first-order valence-electron chi connectivity index (χ1n) is 5.60. The number of nitrogens with zero attached hydrogens (tertiary/aromatic N) is 1. The molecule has 0 saturated carbocycles. The quantitative estimate of drug-likeness (QED) is 0.609. The number of nitro benzene ring substituents is 1. The molecule has 0 aliphatic carbocycles. The van der Waals surface area contributed by atoms with Crippen molar-refractivity contribution in [2.24, 2.45) is 5.92 Å². The van der Waals surface area contributed by atoms with Gasteiger partial charge in [0.05, 0.1) is 4.92 Å². The van der Waals surface area contributed by atoms with Crippen LogP contribution < -0.4 is 5.32 Å². The third-order valence-electron chi connectivity index (χ3n) is 2.60. The predicted molar refractivity (Wildman–Crippen MR) is 66.4 cm³/mol. The summed E-state index contributed by atoms with van der Waals surface area (Å²) in [6.45, 7) is 3.65. The Balaban J connectivity index is 2.94. The van der Waals surface area contributed by atoms with Crippen LogP contribution in [0.4, 0.5) is 5.69 Å². The zero-order valence-corrected chi connectivity index (χ0v) is 10.3. The number of nitro groups is 1. The number of hydrogen-bond donors (Lipinski definition) is 2. The Morgan fingerprint density at radius 2 is 2.22 bits per heavy atom. The average Bonchev–Trinajstić information content (AvgIpc) is 2.34. The molecule has 1 rings (SSSR count). The summed E-state index contributed by atoms with van der Waals surface area (Å²) in [5.41, 5.74) is 0.426. The highest BCUT2D eigenvalue weighted by Gasteiger charge is 2.22. The average molecular weight is 252 g/mol.